The van der Waals surface area contributed by atoms with Crippen molar-refractivity contribution in [1.29, 1.82) is 0 Å². The first-order chi connectivity index (χ1) is 14.3. The van der Waals surface area contributed by atoms with Crippen molar-refractivity contribution in [2.45, 2.75) is 6.92 Å². The quantitative estimate of drug-likeness (QED) is 0.640. The minimum absolute atomic E-state index is 0.628. The summed E-state index contributed by atoms with van der Waals surface area (Å²) in [4.78, 5) is 11.5. The molecule has 1 saturated heterocycles. The zero-order valence-electron chi connectivity index (χ0n) is 16.9. The Hall–Kier alpha value is -3.35. The number of para-hydroxylation sites is 3. The summed E-state index contributed by atoms with van der Waals surface area (Å²) < 4.78 is 5.52. The van der Waals surface area contributed by atoms with Crippen LogP contribution in [-0.2, 0) is 0 Å². The Bertz CT molecular complexity index is 927. The Kier molecular flexibility index (Phi) is 5.74. The third kappa shape index (κ3) is 4.08. The predicted molar refractivity (Wildman–Crippen MR) is 116 cm³/mol. The molecule has 0 saturated carbocycles. The number of methoxy groups -OCH3 is 1. The van der Waals surface area contributed by atoms with Gasteiger partial charge in [-0.2, -0.15) is 10.1 Å². The molecule has 0 atom stereocenters. The highest BCUT2D eigenvalue weighted by molar-refractivity contribution is 5.60. The van der Waals surface area contributed by atoms with Crippen molar-refractivity contribution in [3.8, 4) is 5.75 Å². The van der Waals surface area contributed by atoms with Crippen molar-refractivity contribution >= 4 is 23.1 Å². The Morgan fingerprint density at radius 1 is 0.931 bits per heavy atom. The summed E-state index contributed by atoms with van der Waals surface area (Å²) in [5.74, 6) is 2.40. The van der Waals surface area contributed by atoms with Gasteiger partial charge in [-0.25, -0.2) is 0 Å². The highest BCUT2D eigenvalue weighted by Gasteiger charge is 2.22. The Labute approximate surface area is 171 Å². The van der Waals surface area contributed by atoms with E-state index in [1.54, 1.807) is 13.3 Å². The number of piperazine rings is 1. The van der Waals surface area contributed by atoms with Gasteiger partial charge in [0.05, 0.1) is 19.0 Å². The van der Waals surface area contributed by atoms with Gasteiger partial charge in [0.2, 0.25) is 0 Å². The molecule has 0 spiro atoms. The number of benzene rings is 2. The second kappa shape index (κ2) is 8.77. The van der Waals surface area contributed by atoms with Crippen LogP contribution in [0.25, 0.3) is 0 Å². The lowest BCUT2D eigenvalue weighted by atomic mass is 10.2. The second-order valence-corrected chi connectivity index (χ2v) is 6.84. The first-order valence-electron chi connectivity index (χ1n) is 9.95. The van der Waals surface area contributed by atoms with E-state index in [9.17, 15) is 0 Å². The van der Waals surface area contributed by atoms with Crippen molar-refractivity contribution in [2.75, 3.05) is 54.5 Å². The van der Waals surface area contributed by atoms with E-state index in [2.05, 4.69) is 50.0 Å². The van der Waals surface area contributed by atoms with Gasteiger partial charge in [-0.1, -0.05) is 30.3 Å². The van der Waals surface area contributed by atoms with Gasteiger partial charge in [0.1, 0.15) is 5.75 Å². The fourth-order valence-electron chi connectivity index (χ4n) is 3.67. The third-order valence-corrected chi connectivity index (χ3v) is 5.19. The molecule has 1 aromatic heterocycles. The number of nitrogens with zero attached hydrogens (tertiary/aromatic N) is 6. The Morgan fingerprint density at radius 2 is 1.62 bits per heavy atom. The van der Waals surface area contributed by atoms with E-state index in [1.165, 1.54) is 0 Å². The van der Waals surface area contributed by atoms with Crippen LogP contribution in [-0.4, -0.2) is 55.0 Å². The van der Waals surface area contributed by atoms with Crippen LogP contribution in [0.1, 0.15) is 6.92 Å². The van der Waals surface area contributed by atoms with Gasteiger partial charge in [-0.15, -0.1) is 5.10 Å². The molecule has 150 valence electrons. The third-order valence-electron chi connectivity index (χ3n) is 5.19. The number of anilines is 4. The first-order valence-corrected chi connectivity index (χ1v) is 9.95. The average Bonchev–Trinajstić information content (AvgIpc) is 2.80. The number of hydrogen-bond acceptors (Lipinski definition) is 7. The zero-order chi connectivity index (χ0) is 20.1. The maximum atomic E-state index is 5.52. The van der Waals surface area contributed by atoms with Gasteiger partial charge in [0.15, 0.2) is 5.82 Å². The molecule has 0 bridgehead atoms. The van der Waals surface area contributed by atoms with Gasteiger partial charge in [0.25, 0.3) is 5.95 Å². The van der Waals surface area contributed by atoms with Crippen molar-refractivity contribution in [3.05, 3.63) is 60.8 Å². The van der Waals surface area contributed by atoms with Crippen LogP contribution in [0, 0.1) is 0 Å². The molecule has 7 nitrogen and oxygen atoms in total. The van der Waals surface area contributed by atoms with Gasteiger partial charge < -0.3 is 19.4 Å². The molecule has 1 fully saturated rings. The van der Waals surface area contributed by atoms with Crippen molar-refractivity contribution in [2.24, 2.45) is 0 Å². The van der Waals surface area contributed by atoms with Gasteiger partial charge in [-0.05, 0) is 31.2 Å². The van der Waals surface area contributed by atoms with Gasteiger partial charge >= 0.3 is 0 Å². The largest absolute Gasteiger partial charge is 0.495 e. The second-order valence-electron chi connectivity index (χ2n) is 6.84. The number of ether oxygens (including phenoxy) is 1. The number of rotatable bonds is 6. The number of hydrogen-bond donors (Lipinski definition) is 0. The Balaban J connectivity index is 1.49. The fraction of sp³-hybridized carbons (Fsp3) is 0.318. The van der Waals surface area contributed by atoms with Crippen LogP contribution in [0.2, 0.25) is 0 Å². The van der Waals surface area contributed by atoms with E-state index in [1.807, 2.05) is 36.4 Å². The normalized spacial score (nSPS) is 14.0. The van der Waals surface area contributed by atoms with Gasteiger partial charge in [-0.3, -0.25) is 0 Å². The lowest BCUT2D eigenvalue weighted by Gasteiger charge is -2.37. The van der Waals surface area contributed by atoms with E-state index >= 15 is 0 Å². The summed E-state index contributed by atoms with van der Waals surface area (Å²) >= 11 is 0. The lowest BCUT2D eigenvalue weighted by molar-refractivity contribution is 0.413. The summed E-state index contributed by atoms with van der Waals surface area (Å²) in [5, 5.41) is 8.51. The highest BCUT2D eigenvalue weighted by Crippen LogP contribution is 2.29. The summed E-state index contributed by atoms with van der Waals surface area (Å²) in [6.07, 6.45) is 1.75. The average molecular weight is 390 g/mol. The van der Waals surface area contributed by atoms with Gasteiger partial charge in [0, 0.05) is 38.4 Å². The molecule has 1 aliphatic heterocycles. The molecule has 1 aliphatic rings. The maximum absolute atomic E-state index is 5.52. The van der Waals surface area contributed by atoms with Crippen molar-refractivity contribution in [1.82, 2.24) is 15.2 Å². The van der Waals surface area contributed by atoms with Crippen LogP contribution in [0.15, 0.2) is 60.8 Å². The maximum Gasteiger partial charge on any atom is 0.251 e. The molecule has 0 radical (unpaired) electrons. The van der Waals surface area contributed by atoms with E-state index in [0.717, 1.165) is 55.7 Å². The molecule has 0 aliphatic carbocycles. The first kappa shape index (κ1) is 19.0. The molecule has 29 heavy (non-hydrogen) atoms. The molecule has 0 N–H and O–H groups in total. The lowest BCUT2D eigenvalue weighted by Crippen LogP contribution is -2.47. The van der Waals surface area contributed by atoms with Crippen LogP contribution in [0.3, 0.4) is 0 Å². The molecule has 0 unspecified atom stereocenters. The topological polar surface area (TPSA) is 57.6 Å². The zero-order valence-corrected chi connectivity index (χ0v) is 16.9. The van der Waals surface area contributed by atoms with Crippen LogP contribution in [0.5, 0.6) is 5.75 Å². The molecule has 2 aromatic carbocycles. The van der Waals surface area contributed by atoms with Crippen LogP contribution in [0.4, 0.5) is 23.1 Å². The molecule has 7 heteroatoms. The minimum Gasteiger partial charge on any atom is -0.495 e. The standard InChI is InChI=1S/C22H26N6O/c1-3-28(18-9-5-4-6-10-18)22-24-21(17-23-25-22)27-15-13-26(14-16-27)19-11-7-8-12-20(19)29-2/h4-12,17H,3,13-16H2,1-2H3. The number of aromatic nitrogens is 3. The molecule has 2 heterocycles. The van der Waals surface area contributed by atoms with Crippen molar-refractivity contribution < 1.29 is 4.74 Å². The Morgan fingerprint density at radius 3 is 2.34 bits per heavy atom. The molecule has 3 aromatic rings. The van der Waals surface area contributed by atoms with Crippen LogP contribution < -0.4 is 19.4 Å². The van der Waals surface area contributed by atoms with E-state index in [0.29, 0.717) is 5.95 Å². The minimum atomic E-state index is 0.628. The van der Waals surface area contributed by atoms with E-state index in [-0.39, 0.29) is 0 Å². The fourth-order valence-corrected chi connectivity index (χ4v) is 3.67. The molecule has 4 rings (SSSR count). The summed E-state index contributed by atoms with van der Waals surface area (Å²) in [5.41, 5.74) is 2.20. The van der Waals surface area contributed by atoms with Crippen LogP contribution >= 0.6 is 0 Å². The van der Waals surface area contributed by atoms with E-state index in [4.69, 9.17) is 9.72 Å². The molecular weight excluding hydrogens is 364 g/mol. The highest BCUT2D eigenvalue weighted by atomic mass is 16.5. The summed E-state index contributed by atoms with van der Waals surface area (Å²) in [7, 11) is 1.72. The summed E-state index contributed by atoms with van der Waals surface area (Å²) in [6, 6.07) is 18.3. The monoisotopic (exact) mass is 390 g/mol. The van der Waals surface area contributed by atoms with E-state index < -0.39 is 0 Å². The molecular formula is C22H26N6O. The summed E-state index contributed by atoms with van der Waals surface area (Å²) in [6.45, 7) is 6.40. The predicted octanol–water partition coefficient (Wildman–Crippen LogP) is 3.36. The smallest absolute Gasteiger partial charge is 0.251 e. The molecule has 0 amide bonds. The van der Waals surface area contributed by atoms with Crippen molar-refractivity contribution in [3.63, 3.8) is 0 Å². The SMILES string of the molecule is CCN(c1ccccc1)c1nncc(N2CCN(c3ccccc3OC)CC2)n1.